The molecule has 0 aromatic carbocycles. The maximum Gasteiger partial charge on any atom is 0.308 e. The Bertz CT molecular complexity index is 351. The number of carbonyl (C=O) groups is 2. The quantitative estimate of drug-likeness (QED) is 0.602. The van der Waals surface area contributed by atoms with Crippen molar-refractivity contribution >= 4 is 11.9 Å². The Morgan fingerprint density at radius 3 is 1.40 bits per heavy atom. The summed E-state index contributed by atoms with van der Waals surface area (Å²) < 4.78 is 0. The predicted octanol–water partition coefficient (Wildman–Crippen LogP) is 0.643. The fourth-order valence-electron chi connectivity index (χ4n) is 3.88. The Balaban J connectivity index is 2.01. The highest BCUT2D eigenvalue weighted by Crippen LogP contribution is 2.41. The molecule has 6 atom stereocenters. The molecule has 0 radical (unpaired) electrons. The van der Waals surface area contributed by atoms with E-state index in [1.54, 1.807) is 0 Å². The van der Waals surface area contributed by atoms with Gasteiger partial charge in [-0.25, -0.2) is 0 Å². The van der Waals surface area contributed by atoms with Crippen LogP contribution in [-0.2, 0) is 9.59 Å². The highest BCUT2D eigenvalue weighted by molar-refractivity contribution is 5.71. The molecule has 0 amide bonds. The first-order valence-corrected chi connectivity index (χ1v) is 7.37. The van der Waals surface area contributed by atoms with Crippen LogP contribution in [0, 0.1) is 23.7 Å². The molecule has 0 heterocycles. The summed E-state index contributed by atoms with van der Waals surface area (Å²) in [5.74, 6) is -2.11. The van der Waals surface area contributed by atoms with Gasteiger partial charge in [-0.2, -0.15) is 0 Å². The minimum atomic E-state index is -0.829. The van der Waals surface area contributed by atoms with Gasteiger partial charge in [-0.05, 0) is 50.4 Å². The molecule has 114 valence electrons. The summed E-state index contributed by atoms with van der Waals surface area (Å²) >= 11 is 0. The minimum Gasteiger partial charge on any atom is -0.481 e. The molecule has 0 aromatic heterocycles. The van der Waals surface area contributed by atoms with Crippen molar-refractivity contribution in [3.63, 3.8) is 0 Å². The van der Waals surface area contributed by atoms with Crippen molar-refractivity contribution in [2.75, 3.05) is 0 Å². The van der Waals surface area contributed by atoms with Crippen LogP contribution >= 0.6 is 0 Å². The van der Waals surface area contributed by atoms with Crippen molar-refractivity contribution < 1.29 is 19.8 Å². The van der Waals surface area contributed by atoms with Gasteiger partial charge in [-0.3, -0.25) is 9.59 Å². The van der Waals surface area contributed by atoms with Crippen molar-refractivity contribution in [1.82, 2.24) is 0 Å². The van der Waals surface area contributed by atoms with Crippen LogP contribution in [0.4, 0.5) is 0 Å². The van der Waals surface area contributed by atoms with Crippen molar-refractivity contribution in [1.29, 1.82) is 0 Å². The van der Waals surface area contributed by atoms with E-state index in [0.717, 1.165) is 12.8 Å². The third-order valence-corrected chi connectivity index (χ3v) is 5.19. The maximum absolute atomic E-state index is 11.2. The lowest BCUT2D eigenvalue weighted by Crippen LogP contribution is -2.45. The predicted molar refractivity (Wildman–Crippen MR) is 72.9 cm³/mol. The van der Waals surface area contributed by atoms with Crippen LogP contribution < -0.4 is 11.5 Å². The molecular weight excluding hydrogens is 260 g/mol. The molecule has 2 aliphatic rings. The van der Waals surface area contributed by atoms with Gasteiger partial charge in [0.05, 0.1) is 11.8 Å². The summed E-state index contributed by atoms with van der Waals surface area (Å²) in [5, 5.41) is 18.4. The van der Waals surface area contributed by atoms with Crippen LogP contribution in [0.2, 0.25) is 0 Å². The van der Waals surface area contributed by atoms with E-state index in [9.17, 15) is 19.8 Å². The largest absolute Gasteiger partial charge is 0.481 e. The van der Waals surface area contributed by atoms with Crippen LogP contribution in [0.5, 0.6) is 0 Å². The van der Waals surface area contributed by atoms with Crippen molar-refractivity contribution in [3.8, 4) is 0 Å². The molecule has 0 spiro atoms. The standard InChI is InChI=1S/C14H24N2O4/c15-11-3-1-7(5-9(11)13(17)18)8-2-4-12(16)10(6-8)14(19)20/h7-12H,1-6,15-16H2,(H,17,18)(H,19,20). The number of hydrogen-bond acceptors (Lipinski definition) is 4. The van der Waals surface area contributed by atoms with E-state index in [4.69, 9.17) is 11.5 Å². The zero-order chi connectivity index (χ0) is 14.9. The molecule has 0 aromatic rings. The van der Waals surface area contributed by atoms with Crippen LogP contribution in [0.1, 0.15) is 38.5 Å². The SMILES string of the molecule is NC1CCC(C2CCC(N)C(C(=O)O)C2)CC1C(=O)O. The molecule has 0 bridgehead atoms. The zero-order valence-corrected chi connectivity index (χ0v) is 11.6. The summed E-state index contributed by atoms with van der Waals surface area (Å²) in [6.45, 7) is 0. The number of hydrogen-bond donors (Lipinski definition) is 4. The van der Waals surface area contributed by atoms with E-state index < -0.39 is 23.8 Å². The van der Waals surface area contributed by atoms with Gasteiger partial charge in [-0.1, -0.05) is 0 Å². The van der Waals surface area contributed by atoms with Crippen LogP contribution in [0.25, 0.3) is 0 Å². The Morgan fingerprint density at radius 2 is 1.10 bits per heavy atom. The number of rotatable bonds is 3. The average Bonchev–Trinajstić information content (AvgIpc) is 2.39. The van der Waals surface area contributed by atoms with Gasteiger partial charge in [-0.15, -0.1) is 0 Å². The fraction of sp³-hybridized carbons (Fsp3) is 0.857. The summed E-state index contributed by atoms with van der Waals surface area (Å²) in [6, 6.07) is -0.547. The second-order valence-corrected chi connectivity index (χ2v) is 6.36. The highest BCUT2D eigenvalue weighted by atomic mass is 16.4. The maximum atomic E-state index is 11.2. The monoisotopic (exact) mass is 284 g/mol. The number of carboxylic acids is 2. The number of carboxylic acid groups (broad SMARTS) is 2. The van der Waals surface area contributed by atoms with E-state index >= 15 is 0 Å². The van der Waals surface area contributed by atoms with E-state index in [0.29, 0.717) is 25.7 Å². The zero-order valence-electron chi connectivity index (χ0n) is 11.6. The Labute approximate surface area is 118 Å². The third kappa shape index (κ3) is 3.12. The molecule has 2 fully saturated rings. The molecule has 20 heavy (non-hydrogen) atoms. The molecule has 6 heteroatoms. The summed E-state index contributed by atoms with van der Waals surface area (Å²) in [6.07, 6.45) is 4.36. The van der Waals surface area contributed by atoms with Gasteiger partial charge in [0.25, 0.3) is 0 Å². The van der Waals surface area contributed by atoms with Gasteiger partial charge in [0.1, 0.15) is 0 Å². The Morgan fingerprint density at radius 1 is 0.750 bits per heavy atom. The molecule has 6 nitrogen and oxygen atoms in total. The molecule has 2 saturated carbocycles. The first-order chi connectivity index (χ1) is 9.40. The molecule has 2 rings (SSSR count). The van der Waals surface area contributed by atoms with Crippen LogP contribution in [0.3, 0.4) is 0 Å². The molecule has 0 saturated heterocycles. The van der Waals surface area contributed by atoms with Crippen LogP contribution in [0.15, 0.2) is 0 Å². The second-order valence-electron chi connectivity index (χ2n) is 6.36. The Hall–Kier alpha value is -1.14. The van der Waals surface area contributed by atoms with Crippen molar-refractivity contribution in [3.05, 3.63) is 0 Å². The average molecular weight is 284 g/mol. The summed E-state index contributed by atoms with van der Waals surface area (Å²) in [7, 11) is 0. The molecule has 6 N–H and O–H groups in total. The molecule has 0 aliphatic heterocycles. The number of aliphatic carboxylic acids is 2. The van der Waals surface area contributed by atoms with Gasteiger partial charge >= 0.3 is 11.9 Å². The van der Waals surface area contributed by atoms with Crippen molar-refractivity contribution in [2.45, 2.75) is 50.6 Å². The number of nitrogens with two attached hydrogens (primary N) is 2. The smallest absolute Gasteiger partial charge is 0.308 e. The Kier molecular flexibility index (Phi) is 4.65. The highest BCUT2D eigenvalue weighted by Gasteiger charge is 2.40. The van der Waals surface area contributed by atoms with Gasteiger partial charge in [0, 0.05) is 12.1 Å². The van der Waals surface area contributed by atoms with Gasteiger partial charge in [0.15, 0.2) is 0 Å². The third-order valence-electron chi connectivity index (χ3n) is 5.19. The van der Waals surface area contributed by atoms with E-state index in [-0.39, 0.29) is 23.9 Å². The summed E-state index contributed by atoms with van der Waals surface area (Å²) in [4.78, 5) is 22.4. The van der Waals surface area contributed by atoms with Crippen molar-refractivity contribution in [2.24, 2.45) is 35.1 Å². The lowest BCUT2D eigenvalue weighted by molar-refractivity contribution is -0.147. The minimum absolute atomic E-state index is 0.269. The van der Waals surface area contributed by atoms with Gasteiger partial charge in [0.2, 0.25) is 0 Å². The topological polar surface area (TPSA) is 127 Å². The first kappa shape index (κ1) is 15.3. The van der Waals surface area contributed by atoms with E-state index in [1.165, 1.54) is 0 Å². The molecule has 2 aliphatic carbocycles. The second kappa shape index (κ2) is 6.10. The van der Waals surface area contributed by atoms with E-state index in [1.807, 2.05) is 0 Å². The lowest BCUT2D eigenvalue weighted by atomic mass is 9.66. The molecule has 6 unspecified atom stereocenters. The summed E-state index contributed by atoms with van der Waals surface area (Å²) in [5.41, 5.74) is 11.7. The van der Waals surface area contributed by atoms with Crippen LogP contribution in [-0.4, -0.2) is 34.2 Å². The normalized spacial score (nSPS) is 42.1. The first-order valence-electron chi connectivity index (χ1n) is 7.37. The molecular formula is C14H24N2O4. The van der Waals surface area contributed by atoms with E-state index in [2.05, 4.69) is 0 Å². The lowest BCUT2D eigenvalue weighted by Gasteiger charge is -2.40. The fourth-order valence-corrected chi connectivity index (χ4v) is 3.88. The van der Waals surface area contributed by atoms with Gasteiger partial charge < -0.3 is 21.7 Å².